The molecule has 1 aliphatic rings. The third-order valence-electron chi connectivity index (χ3n) is 6.19. The number of benzene rings is 2. The first kappa shape index (κ1) is 23.3. The molecule has 1 aromatic heterocycles. The third kappa shape index (κ3) is 5.07. The molecule has 1 N–H and O–H groups in total. The number of hydrogen-bond donors (Lipinski definition) is 1. The van der Waals surface area contributed by atoms with E-state index in [4.69, 9.17) is 21.4 Å². The van der Waals surface area contributed by atoms with E-state index in [2.05, 4.69) is 56.2 Å². The van der Waals surface area contributed by atoms with Gasteiger partial charge in [-0.05, 0) is 87.2 Å². The Morgan fingerprint density at radius 3 is 2.76 bits per heavy atom. The molecular weight excluding hydrogens is 438 g/mol. The number of likely N-dealkylation sites (N-methyl/N-ethyl adjacent to an activating group) is 1. The minimum Gasteiger partial charge on any atom is -0.489 e. The number of carboxylic acid groups (broad SMARTS) is 1. The van der Waals surface area contributed by atoms with Gasteiger partial charge in [0.1, 0.15) is 12.4 Å². The Bertz CT molecular complexity index is 1230. The molecule has 0 atom stereocenters. The van der Waals surface area contributed by atoms with Crippen LogP contribution in [0, 0.1) is 0 Å². The summed E-state index contributed by atoms with van der Waals surface area (Å²) in [6, 6.07) is 12.7. The predicted octanol–water partition coefficient (Wildman–Crippen LogP) is 5.59. The lowest BCUT2D eigenvalue weighted by atomic mass is 9.86. The van der Waals surface area contributed by atoms with E-state index in [1.54, 1.807) is 0 Å². The van der Waals surface area contributed by atoms with E-state index in [9.17, 15) is 4.79 Å². The average Bonchev–Trinajstić information content (AvgIpc) is 3.10. The van der Waals surface area contributed by atoms with Crippen molar-refractivity contribution in [1.29, 1.82) is 0 Å². The first-order valence-corrected chi connectivity index (χ1v) is 11.6. The fraction of sp³-hybridized carbons (Fsp3) is 0.385. The van der Waals surface area contributed by atoms with Gasteiger partial charge in [-0.15, -0.1) is 0 Å². The van der Waals surface area contributed by atoms with E-state index in [-0.39, 0.29) is 12.6 Å². The summed E-state index contributed by atoms with van der Waals surface area (Å²) < 4.78 is 8.05. The fourth-order valence-corrected chi connectivity index (χ4v) is 4.74. The van der Waals surface area contributed by atoms with Crippen molar-refractivity contribution in [2.75, 3.05) is 20.1 Å². The van der Waals surface area contributed by atoms with Crippen molar-refractivity contribution in [3.05, 3.63) is 63.8 Å². The first-order chi connectivity index (χ1) is 15.7. The molecule has 0 bridgehead atoms. The quantitative estimate of drug-likeness (QED) is 0.468. The number of aliphatic carboxylic acids is 1. The molecule has 1 aliphatic carbocycles. The molecule has 174 valence electrons. The number of carboxylic acids is 1. The van der Waals surface area contributed by atoms with E-state index in [1.165, 1.54) is 22.3 Å². The van der Waals surface area contributed by atoms with Gasteiger partial charge < -0.3 is 9.84 Å². The van der Waals surface area contributed by atoms with Gasteiger partial charge in [-0.3, -0.25) is 14.4 Å². The van der Waals surface area contributed by atoms with Gasteiger partial charge in [0.25, 0.3) is 0 Å². The predicted molar refractivity (Wildman–Crippen MR) is 132 cm³/mol. The summed E-state index contributed by atoms with van der Waals surface area (Å²) in [4.78, 5) is 12.8. The summed E-state index contributed by atoms with van der Waals surface area (Å²) in [5, 5.41) is 14.9. The smallest absolute Gasteiger partial charge is 0.317 e. The molecule has 3 aromatic rings. The highest BCUT2D eigenvalue weighted by atomic mass is 35.5. The lowest BCUT2D eigenvalue weighted by Crippen LogP contribution is -2.28. The Morgan fingerprint density at radius 2 is 2.03 bits per heavy atom. The van der Waals surface area contributed by atoms with Crippen LogP contribution in [-0.2, 0) is 17.8 Å². The Hall–Kier alpha value is -2.83. The molecule has 7 heteroatoms. The normalized spacial score (nSPS) is 13.8. The third-order valence-corrected chi connectivity index (χ3v) is 6.47. The summed E-state index contributed by atoms with van der Waals surface area (Å²) in [6.45, 7) is 7.48. The molecule has 6 nitrogen and oxygen atoms in total. The van der Waals surface area contributed by atoms with E-state index in [0.717, 1.165) is 35.1 Å². The lowest BCUT2D eigenvalue weighted by molar-refractivity contribution is -0.137. The number of hydrogen-bond acceptors (Lipinski definition) is 4. The van der Waals surface area contributed by atoms with Gasteiger partial charge in [-0.1, -0.05) is 29.3 Å². The molecule has 0 fully saturated rings. The molecule has 0 saturated carbocycles. The second-order valence-electron chi connectivity index (χ2n) is 9.08. The van der Waals surface area contributed by atoms with E-state index < -0.39 is 5.97 Å². The van der Waals surface area contributed by atoms with E-state index >= 15 is 0 Å². The zero-order valence-electron chi connectivity index (χ0n) is 19.6. The van der Waals surface area contributed by atoms with Crippen molar-refractivity contribution >= 4 is 34.0 Å². The second-order valence-corrected chi connectivity index (χ2v) is 9.44. The van der Waals surface area contributed by atoms with Crippen LogP contribution < -0.4 is 4.74 Å². The summed E-state index contributed by atoms with van der Waals surface area (Å²) in [6.07, 6.45) is 1.86. The largest absolute Gasteiger partial charge is 0.489 e. The second kappa shape index (κ2) is 9.57. The van der Waals surface area contributed by atoms with E-state index in [1.807, 2.05) is 22.7 Å². The monoisotopic (exact) mass is 467 g/mol. The van der Waals surface area contributed by atoms with Gasteiger partial charge in [0.05, 0.1) is 12.1 Å². The molecule has 1 heterocycles. The number of nitrogens with zero attached hydrogens (tertiary/aromatic N) is 3. The topological polar surface area (TPSA) is 67.6 Å². The Labute approximate surface area is 199 Å². The van der Waals surface area contributed by atoms with Gasteiger partial charge in [-0.2, -0.15) is 5.10 Å². The molecule has 0 aliphatic heterocycles. The van der Waals surface area contributed by atoms with Crippen molar-refractivity contribution in [3.63, 3.8) is 0 Å². The van der Waals surface area contributed by atoms with Crippen LogP contribution in [-0.4, -0.2) is 45.9 Å². The Morgan fingerprint density at radius 1 is 1.24 bits per heavy atom. The average molecular weight is 468 g/mol. The Kier molecular flexibility index (Phi) is 6.77. The maximum Gasteiger partial charge on any atom is 0.317 e. The summed E-state index contributed by atoms with van der Waals surface area (Å²) in [5.41, 5.74) is 7.10. The molecule has 4 rings (SSSR count). The summed E-state index contributed by atoms with van der Waals surface area (Å²) in [7, 11) is 1.85. The number of halogens is 1. The number of ether oxygens (including phenoxy) is 1. The number of fused-ring (bicyclic) bond motifs is 2. The summed E-state index contributed by atoms with van der Waals surface area (Å²) >= 11 is 6.36. The van der Waals surface area contributed by atoms with Crippen molar-refractivity contribution in [2.45, 2.75) is 46.3 Å². The van der Waals surface area contributed by atoms with Crippen LogP contribution >= 0.6 is 11.6 Å². The fourth-order valence-electron chi connectivity index (χ4n) is 4.51. The van der Waals surface area contributed by atoms with Crippen molar-refractivity contribution in [3.8, 4) is 5.75 Å². The lowest BCUT2D eigenvalue weighted by Gasteiger charge is -2.25. The molecule has 0 radical (unpaired) electrons. The Balaban J connectivity index is 1.47. The number of allylic oxidation sites excluding steroid dienone is 1. The molecule has 0 saturated heterocycles. The van der Waals surface area contributed by atoms with Crippen LogP contribution in [0.2, 0.25) is 5.15 Å². The first-order valence-electron chi connectivity index (χ1n) is 11.2. The van der Waals surface area contributed by atoms with Gasteiger partial charge in [0.2, 0.25) is 0 Å². The highest BCUT2D eigenvalue weighted by Gasteiger charge is 2.19. The van der Waals surface area contributed by atoms with Gasteiger partial charge >= 0.3 is 5.97 Å². The maximum atomic E-state index is 11.0. The van der Waals surface area contributed by atoms with Crippen molar-refractivity contribution in [2.24, 2.45) is 0 Å². The van der Waals surface area contributed by atoms with Gasteiger partial charge in [0.15, 0.2) is 5.15 Å². The van der Waals surface area contributed by atoms with E-state index in [0.29, 0.717) is 18.3 Å². The number of aromatic nitrogens is 2. The molecule has 0 amide bonds. The number of rotatable bonds is 8. The van der Waals surface area contributed by atoms with Crippen LogP contribution in [0.5, 0.6) is 5.75 Å². The zero-order chi connectivity index (χ0) is 23.7. The highest BCUT2D eigenvalue weighted by molar-refractivity contribution is 6.34. The molecule has 0 spiro atoms. The molecule has 2 aromatic carbocycles. The van der Waals surface area contributed by atoms with Crippen molar-refractivity contribution < 1.29 is 14.6 Å². The maximum absolute atomic E-state index is 11.0. The minimum absolute atomic E-state index is 0.0473. The molecule has 33 heavy (non-hydrogen) atoms. The van der Waals surface area contributed by atoms with Crippen LogP contribution in [0.15, 0.2) is 42.0 Å². The van der Waals surface area contributed by atoms with Crippen LogP contribution in [0.3, 0.4) is 0 Å². The molecular formula is C26H30ClN3O3. The minimum atomic E-state index is -0.802. The standard InChI is InChI=1S/C26H30ClN3O3/c1-16(2)30-24-10-5-18(11-23(24)26(27)28-30)15-33-21-8-9-22-17(3)20(7-6-19(22)12-21)13-29(4)14-25(31)32/h5,8-12,16H,6-7,13-15H2,1-4H3,(H,31,32). The SMILES string of the molecule is CC1=C(CN(C)CC(=O)O)CCc2cc(OCc3ccc4c(c3)c(Cl)nn4C(C)C)ccc21. The van der Waals surface area contributed by atoms with Gasteiger partial charge in [0, 0.05) is 18.0 Å². The summed E-state index contributed by atoms with van der Waals surface area (Å²) in [5.74, 6) is 0.0426. The van der Waals surface area contributed by atoms with Gasteiger partial charge in [-0.25, -0.2) is 0 Å². The number of carbonyl (C=O) groups is 1. The van der Waals surface area contributed by atoms with Crippen LogP contribution in [0.4, 0.5) is 0 Å². The number of aryl methyl sites for hydroxylation is 1. The van der Waals surface area contributed by atoms with Crippen LogP contribution in [0.1, 0.15) is 49.9 Å². The van der Waals surface area contributed by atoms with Crippen molar-refractivity contribution in [1.82, 2.24) is 14.7 Å². The molecule has 0 unspecified atom stereocenters. The van der Waals surface area contributed by atoms with Crippen LogP contribution in [0.25, 0.3) is 16.5 Å². The zero-order valence-corrected chi connectivity index (χ0v) is 20.3. The highest BCUT2D eigenvalue weighted by Crippen LogP contribution is 2.34.